The number of hydrogen-bond donors (Lipinski definition) is 2. The molecule has 1 aromatic heterocycles. The molecule has 0 saturated carbocycles. The van der Waals surface area contributed by atoms with Crippen LogP contribution >= 0.6 is 12.2 Å². The number of thiocarbonyl (C=S) groups is 1. The van der Waals surface area contributed by atoms with Crippen molar-refractivity contribution in [3.8, 4) is 11.5 Å². The largest absolute Gasteiger partial charge is 0.436 e. The first-order valence-corrected chi connectivity index (χ1v) is 6.57. The second-order valence-corrected chi connectivity index (χ2v) is 4.95. The Kier molecular flexibility index (Phi) is 3.12. The molecular formula is C15H13N3OS. The van der Waals surface area contributed by atoms with Gasteiger partial charge in [0.1, 0.15) is 5.52 Å². The van der Waals surface area contributed by atoms with Crippen LogP contribution in [0.3, 0.4) is 0 Å². The first-order valence-electron chi connectivity index (χ1n) is 6.16. The molecule has 20 heavy (non-hydrogen) atoms. The van der Waals surface area contributed by atoms with Crippen molar-refractivity contribution < 1.29 is 4.42 Å². The van der Waals surface area contributed by atoms with Crippen molar-refractivity contribution in [3.63, 3.8) is 0 Å². The molecule has 0 aliphatic carbocycles. The molecule has 0 unspecified atom stereocenters. The van der Waals surface area contributed by atoms with E-state index >= 15 is 0 Å². The Labute approximate surface area is 121 Å². The van der Waals surface area contributed by atoms with E-state index in [2.05, 4.69) is 10.3 Å². The van der Waals surface area contributed by atoms with Gasteiger partial charge in [-0.2, -0.15) is 0 Å². The van der Waals surface area contributed by atoms with Crippen LogP contribution in [0.25, 0.3) is 22.6 Å². The monoisotopic (exact) mass is 283 g/mol. The standard InChI is InChI=1S/C15H13N3OS/c1-9-6-7-10(8-12(9)18-15(16)20)14-17-11-4-2-3-5-13(11)19-14/h2-8H,1H3,(H3,16,18,20). The van der Waals surface area contributed by atoms with Gasteiger partial charge in [-0.05, 0) is 49.0 Å². The number of fused-ring (bicyclic) bond motifs is 1. The number of nitrogens with two attached hydrogens (primary N) is 1. The maximum Gasteiger partial charge on any atom is 0.227 e. The highest BCUT2D eigenvalue weighted by Gasteiger charge is 2.09. The average Bonchev–Trinajstić information content (AvgIpc) is 2.84. The fourth-order valence-corrected chi connectivity index (χ4v) is 2.13. The summed E-state index contributed by atoms with van der Waals surface area (Å²) in [5.41, 5.74) is 9.93. The number of rotatable bonds is 2. The molecule has 3 aromatic rings. The normalized spacial score (nSPS) is 10.7. The Balaban J connectivity index is 2.07. The lowest BCUT2D eigenvalue weighted by atomic mass is 10.1. The molecule has 0 spiro atoms. The minimum absolute atomic E-state index is 0.239. The molecule has 0 saturated heterocycles. The number of oxazole rings is 1. The highest BCUT2D eigenvalue weighted by Crippen LogP contribution is 2.27. The van der Waals surface area contributed by atoms with Crippen molar-refractivity contribution in [1.29, 1.82) is 0 Å². The van der Waals surface area contributed by atoms with E-state index in [0.717, 1.165) is 27.9 Å². The Bertz CT molecular complexity index is 762. The summed E-state index contributed by atoms with van der Waals surface area (Å²) in [4.78, 5) is 4.47. The Morgan fingerprint density at radius 2 is 2.05 bits per heavy atom. The van der Waals surface area contributed by atoms with E-state index in [0.29, 0.717) is 5.89 Å². The van der Waals surface area contributed by atoms with Crippen LogP contribution in [-0.2, 0) is 0 Å². The zero-order chi connectivity index (χ0) is 14.1. The SMILES string of the molecule is Cc1ccc(-c2nc3ccccc3o2)cc1NC(N)=S. The predicted octanol–water partition coefficient (Wildman–Crippen LogP) is 3.46. The molecule has 0 aliphatic rings. The number of aryl methyl sites for hydroxylation is 1. The van der Waals surface area contributed by atoms with Gasteiger partial charge >= 0.3 is 0 Å². The lowest BCUT2D eigenvalue weighted by molar-refractivity contribution is 0.620. The summed E-state index contributed by atoms with van der Waals surface area (Å²) in [6, 6.07) is 13.5. The summed E-state index contributed by atoms with van der Waals surface area (Å²) >= 11 is 4.88. The van der Waals surface area contributed by atoms with E-state index in [1.165, 1.54) is 0 Å². The first-order chi connectivity index (χ1) is 9.63. The summed E-state index contributed by atoms with van der Waals surface area (Å²) in [7, 11) is 0. The molecule has 0 bridgehead atoms. The van der Waals surface area contributed by atoms with E-state index < -0.39 is 0 Å². The van der Waals surface area contributed by atoms with E-state index in [1.54, 1.807) is 0 Å². The smallest absolute Gasteiger partial charge is 0.227 e. The number of nitrogens with one attached hydrogen (secondary N) is 1. The molecule has 0 fully saturated rings. The van der Waals surface area contributed by atoms with Crippen molar-refractivity contribution in [2.75, 3.05) is 5.32 Å². The van der Waals surface area contributed by atoms with E-state index in [-0.39, 0.29) is 5.11 Å². The van der Waals surface area contributed by atoms with Gasteiger partial charge in [0, 0.05) is 11.3 Å². The van der Waals surface area contributed by atoms with Crippen molar-refractivity contribution >= 4 is 34.1 Å². The lowest BCUT2D eigenvalue weighted by Gasteiger charge is -2.08. The van der Waals surface area contributed by atoms with Crippen LogP contribution < -0.4 is 11.1 Å². The number of hydrogen-bond acceptors (Lipinski definition) is 3. The third kappa shape index (κ3) is 2.35. The Morgan fingerprint density at radius 1 is 1.25 bits per heavy atom. The van der Waals surface area contributed by atoms with Crippen molar-refractivity contribution in [2.45, 2.75) is 6.92 Å². The molecule has 2 aromatic carbocycles. The highest BCUT2D eigenvalue weighted by molar-refractivity contribution is 7.80. The number of para-hydroxylation sites is 2. The molecule has 4 nitrogen and oxygen atoms in total. The van der Waals surface area contributed by atoms with Gasteiger partial charge in [0.05, 0.1) is 0 Å². The van der Waals surface area contributed by atoms with Crippen molar-refractivity contribution in [2.24, 2.45) is 5.73 Å². The second-order valence-electron chi connectivity index (χ2n) is 4.51. The second kappa shape index (κ2) is 4.94. The van der Waals surface area contributed by atoms with Crippen LogP contribution in [0.1, 0.15) is 5.56 Å². The maximum atomic E-state index is 5.75. The van der Waals surface area contributed by atoms with Crippen molar-refractivity contribution in [3.05, 3.63) is 48.0 Å². The van der Waals surface area contributed by atoms with Crippen LogP contribution in [-0.4, -0.2) is 10.1 Å². The topological polar surface area (TPSA) is 64.1 Å². The van der Waals surface area contributed by atoms with E-state index in [1.807, 2.05) is 49.4 Å². The van der Waals surface area contributed by atoms with Crippen molar-refractivity contribution in [1.82, 2.24) is 4.98 Å². The fraction of sp³-hybridized carbons (Fsp3) is 0.0667. The third-order valence-electron chi connectivity index (χ3n) is 3.04. The minimum atomic E-state index is 0.239. The number of anilines is 1. The summed E-state index contributed by atoms with van der Waals surface area (Å²) in [6.07, 6.45) is 0. The molecule has 5 heteroatoms. The predicted molar refractivity (Wildman–Crippen MR) is 84.6 cm³/mol. The minimum Gasteiger partial charge on any atom is -0.436 e. The lowest BCUT2D eigenvalue weighted by Crippen LogP contribution is -2.19. The fourth-order valence-electron chi connectivity index (χ4n) is 2.02. The summed E-state index contributed by atoms with van der Waals surface area (Å²) in [6.45, 7) is 1.98. The van der Waals surface area contributed by atoms with E-state index in [4.69, 9.17) is 22.4 Å². The third-order valence-corrected chi connectivity index (χ3v) is 3.14. The Morgan fingerprint density at radius 3 is 2.80 bits per heavy atom. The molecular weight excluding hydrogens is 270 g/mol. The molecule has 3 N–H and O–H groups in total. The van der Waals surface area contributed by atoms with E-state index in [9.17, 15) is 0 Å². The van der Waals surface area contributed by atoms with Crippen LogP contribution in [0.2, 0.25) is 0 Å². The van der Waals surface area contributed by atoms with Gasteiger partial charge in [0.15, 0.2) is 10.7 Å². The highest BCUT2D eigenvalue weighted by atomic mass is 32.1. The number of aromatic nitrogens is 1. The Hall–Kier alpha value is -2.40. The van der Waals surface area contributed by atoms with Gasteiger partial charge in [-0.3, -0.25) is 0 Å². The van der Waals surface area contributed by atoms with Gasteiger partial charge in [-0.25, -0.2) is 4.98 Å². The zero-order valence-corrected chi connectivity index (χ0v) is 11.7. The van der Waals surface area contributed by atoms with Crippen LogP contribution in [0.5, 0.6) is 0 Å². The molecule has 1 heterocycles. The maximum absolute atomic E-state index is 5.75. The molecule has 3 rings (SSSR count). The van der Waals surface area contributed by atoms with Gasteiger partial charge in [0.2, 0.25) is 5.89 Å². The van der Waals surface area contributed by atoms with Gasteiger partial charge in [-0.1, -0.05) is 18.2 Å². The van der Waals surface area contributed by atoms with Crippen LogP contribution in [0.15, 0.2) is 46.9 Å². The molecule has 0 amide bonds. The quantitative estimate of drug-likeness (QED) is 0.705. The molecule has 0 aliphatic heterocycles. The molecule has 100 valence electrons. The zero-order valence-electron chi connectivity index (χ0n) is 10.9. The first kappa shape index (κ1) is 12.6. The molecule has 0 atom stereocenters. The van der Waals surface area contributed by atoms with Gasteiger partial charge in [0.25, 0.3) is 0 Å². The molecule has 0 radical (unpaired) electrons. The number of benzene rings is 2. The summed E-state index contributed by atoms with van der Waals surface area (Å²) in [5.74, 6) is 0.581. The van der Waals surface area contributed by atoms with Crippen LogP contribution in [0.4, 0.5) is 5.69 Å². The van der Waals surface area contributed by atoms with Gasteiger partial charge < -0.3 is 15.5 Å². The summed E-state index contributed by atoms with van der Waals surface area (Å²) in [5, 5.41) is 3.20. The van der Waals surface area contributed by atoms with Gasteiger partial charge in [-0.15, -0.1) is 0 Å². The average molecular weight is 283 g/mol. The number of nitrogens with zero attached hydrogens (tertiary/aromatic N) is 1. The summed E-state index contributed by atoms with van der Waals surface area (Å²) < 4.78 is 5.75. The van der Waals surface area contributed by atoms with Crippen LogP contribution in [0, 0.1) is 6.92 Å².